The number of fused-ring (bicyclic) bond motifs is 2. The second-order valence-corrected chi connectivity index (χ2v) is 7.39. The monoisotopic (exact) mass is 264 g/mol. The molecule has 2 bridgehead atoms. The molecular weight excluding hydrogens is 232 g/mol. The van der Waals surface area contributed by atoms with Gasteiger partial charge in [-0.2, -0.15) is 0 Å². The van der Waals surface area contributed by atoms with Gasteiger partial charge in [0.1, 0.15) is 0 Å². The first-order valence-electron chi connectivity index (χ1n) is 8.05. The van der Waals surface area contributed by atoms with Gasteiger partial charge in [-0.15, -0.1) is 0 Å². The highest BCUT2D eigenvalue weighted by atomic mass is 15.1. The van der Waals surface area contributed by atoms with Gasteiger partial charge in [0.05, 0.1) is 0 Å². The number of hydrogen-bond acceptors (Lipinski definition) is 2. The zero-order chi connectivity index (χ0) is 14.0. The number of nitrogens with one attached hydrogen (secondary N) is 1. The van der Waals surface area contributed by atoms with Crippen molar-refractivity contribution in [1.82, 2.24) is 10.2 Å². The summed E-state index contributed by atoms with van der Waals surface area (Å²) in [4.78, 5) is 2.38. The van der Waals surface area contributed by atoms with Gasteiger partial charge in [0.15, 0.2) is 0 Å². The molecule has 19 heavy (non-hydrogen) atoms. The van der Waals surface area contributed by atoms with Crippen LogP contribution in [0.4, 0.5) is 0 Å². The topological polar surface area (TPSA) is 15.3 Å². The van der Waals surface area contributed by atoms with Crippen molar-refractivity contribution in [3.8, 4) is 0 Å². The highest BCUT2D eigenvalue weighted by Crippen LogP contribution is 2.44. The van der Waals surface area contributed by atoms with Crippen LogP contribution in [0.5, 0.6) is 0 Å². The number of rotatable bonds is 7. The van der Waals surface area contributed by atoms with Crippen molar-refractivity contribution in [3.05, 3.63) is 12.2 Å². The SMILES string of the molecule is CC(C)CC(CNC(C)C1CC2C=CC1C2)N(C)C. The normalized spacial score (nSPS) is 32.5. The zero-order valence-corrected chi connectivity index (χ0v) is 13.4. The molecule has 0 aliphatic heterocycles. The first kappa shape index (κ1) is 15.1. The standard InChI is InChI=1S/C17H32N2/c1-12(2)8-16(19(4)5)11-18-13(3)17-10-14-6-7-15(17)9-14/h6-7,12-18H,8-11H2,1-5H3. The lowest BCUT2D eigenvalue weighted by atomic mass is 9.87. The van der Waals surface area contributed by atoms with E-state index in [0.29, 0.717) is 12.1 Å². The van der Waals surface area contributed by atoms with E-state index in [0.717, 1.165) is 30.2 Å². The van der Waals surface area contributed by atoms with Gasteiger partial charge < -0.3 is 10.2 Å². The Morgan fingerprint density at radius 1 is 1.16 bits per heavy atom. The molecule has 2 nitrogen and oxygen atoms in total. The summed E-state index contributed by atoms with van der Waals surface area (Å²) in [5.74, 6) is 3.39. The molecule has 0 aromatic rings. The van der Waals surface area contributed by atoms with Crippen LogP contribution in [0.3, 0.4) is 0 Å². The number of allylic oxidation sites excluding steroid dienone is 2. The third-order valence-electron chi connectivity index (χ3n) is 5.12. The fraction of sp³-hybridized carbons (Fsp3) is 0.882. The summed E-state index contributed by atoms with van der Waals surface area (Å²) < 4.78 is 0. The Bertz CT molecular complexity index is 308. The summed E-state index contributed by atoms with van der Waals surface area (Å²) >= 11 is 0. The van der Waals surface area contributed by atoms with E-state index in [2.05, 4.69) is 57.2 Å². The zero-order valence-electron chi connectivity index (χ0n) is 13.4. The molecule has 0 spiro atoms. The minimum atomic E-state index is 0.662. The van der Waals surface area contributed by atoms with Crippen LogP contribution in [0.15, 0.2) is 12.2 Å². The Morgan fingerprint density at radius 3 is 2.37 bits per heavy atom. The lowest BCUT2D eigenvalue weighted by Gasteiger charge is -2.31. The number of nitrogens with zero attached hydrogens (tertiary/aromatic N) is 1. The van der Waals surface area contributed by atoms with E-state index in [-0.39, 0.29) is 0 Å². The second kappa shape index (κ2) is 6.41. The van der Waals surface area contributed by atoms with Gasteiger partial charge in [-0.05, 0) is 64.0 Å². The molecule has 0 saturated heterocycles. The van der Waals surface area contributed by atoms with Gasteiger partial charge in [0.2, 0.25) is 0 Å². The molecule has 2 heteroatoms. The largest absolute Gasteiger partial charge is 0.312 e. The van der Waals surface area contributed by atoms with E-state index in [9.17, 15) is 0 Å². The van der Waals surface area contributed by atoms with Gasteiger partial charge in [0.25, 0.3) is 0 Å². The van der Waals surface area contributed by atoms with Gasteiger partial charge in [0, 0.05) is 18.6 Å². The lowest BCUT2D eigenvalue weighted by Crippen LogP contribution is -2.44. The molecule has 0 amide bonds. The van der Waals surface area contributed by atoms with E-state index < -0.39 is 0 Å². The van der Waals surface area contributed by atoms with Crippen LogP contribution >= 0.6 is 0 Å². The molecule has 2 aliphatic rings. The van der Waals surface area contributed by atoms with Crippen LogP contribution < -0.4 is 5.32 Å². The second-order valence-electron chi connectivity index (χ2n) is 7.39. The molecule has 5 atom stereocenters. The smallest absolute Gasteiger partial charge is 0.0217 e. The first-order chi connectivity index (χ1) is 8.97. The Balaban J connectivity index is 1.78. The van der Waals surface area contributed by atoms with Crippen LogP contribution in [0, 0.1) is 23.7 Å². The maximum Gasteiger partial charge on any atom is 0.0217 e. The van der Waals surface area contributed by atoms with Gasteiger partial charge in [-0.25, -0.2) is 0 Å². The molecule has 0 aromatic carbocycles. The van der Waals surface area contributed by atoms with Crippen molar-refractivity contribution in [1.29, 1.82) is 0 Å². The Hall–Kier alpha value is -0.340. The summed E-state index contributed by atoms with van der Waals surface area (Å²) in [6.07, 6.45) is 9.01. The van der Waals surface area contributed by atoms with E-state index in [1.165, 1.54) is 19.3 Å². The fourth-order valence-corrected chi connectivity index (χ4v) is 3.89. The quantitative estimate of drug-likeness (QED) is 0.711. The maximum atomic E-state index is 3.82. The molecule has 1 N–H and O–H groups in total. The van der Waals surface area contributed by atoms with Crippen LogP contribution in [-0.4, -0.2) is 37.6 Å². The Morgan fingerprint density at radius 2 is 1.89 bits per heavy atom. The maximum absolute atomic E-state index is 3.82. The van der Waals surface area contributed by atoms with E-state index in [1.54, 1.807) is 0 Å². The van der Waals surface area contributed by atoms with Crippen molar-refractivity contribution in [3.63, 3.8) is 0 Å². The van der Waals surface area contributed by atoms with Crippen LogP contribution in [0.2, 0.25) is 0 Å². The average molecular weight is 264 g/mol. The molecular formula is C17H32N2. The van der Waals surface area contributed by atoms with Gasteiger partial charge in [-0.1, -0.05) is 26.0 Å². The average Bonchev–Trinajstić information content (AvgIpc) is 2.95. The Labute approximate surface area is 119 Å². The first-order valence-corrected chi connectivity index (χ1v) is 8.05. The van der Waals surface area contributed by atoms with E-state index in [1.807, 2.05) is 0 Å². The summed E-state index contributed by atoms with van der Waals surface area (Å²) in [7, 11) is 4.42. The summed E-state index contributed by atoms with van der Waals surface area (Å²) in [6, 6.07) is 1.33. The minimum Gasteiger partial charge on any atom is -0.312 e. The molecule has 5 unspecified atom stereocenters. The lowest BCUT2D eigenvalue weighted by molar-refractivity contribution is 0.226. The van der Waals surface area contributed by atoms with Crippen molar-refractivity contribution in [2.75, 3.05) is 20.6 Å². The van der Waals surface area contributed by atoms with Gasteiger partial charge >= 0.3 is 0 Å². The van der Waals surface area contributed by atoms with Crippen molar-refractivity contribution >= 4 is 0 Å². The molecule has 0 radical (unpaired) electrons. The Kier molecular flexibility index (Phi) is 5.08. The fourth-order valence-electron chi connectivity index (χ4n) is 3.89. The minimum absolute atomic E-state index is 0.662. The molecule has 2 aliphatic carbocycles. The summed E-state index contributed by atoms with van der Waals surface area (Å²) in [6.45, 7) is 8.16. The van der Waals surface area contributed by atoms with Crippen molar-refractivity contribution in [2.24, 2.45) is 23.7 Å². The molecule has 2 rings (SSSR count). The highest BCUT2D eigenvalue weighted by molar-refractivity contribution is 5.11. The van der Waals surface area contributed by atoms with Crippen molar-refractivity contribution < 1.29 is 0 Å². The van der Waals surface area contributed by atoms with Crippen LogP contribution in [-0.2, 0) is 0 Å². The third kappa shape index (κ3) is 3.82. The predicted octanol–water partition coefficient (Wildman–Crippen LogP) is 3.15. The van der Waals surface area contributed by atoms with Crippen molar-refractivity contribution in [2.45, 2.75) is 52.1 Å². The number of hydrogen-bond donors (Lipinski definition) is 1. The van der Waals surface area contributed by atoms with E-state index >= 15 is 0 Å². The molecule has 0 aromatic heterocycles. The van der Waals surface area contributed by atoms with Gasteiger partial charge in [-0.3, -0.25) is 0 Å². The predicted molar refractivity (Wildman–Crippen MR) is 83.2 cm³/mol. The third-order valence-corrected chi connectivity index (χ3v) is 5.12. The summed E-state index contributed by atoms with van der Waals surface area (Å²) in [5.41, 5.74) is 0. The molecule has 1 fully saturated rings. The summed E-state index contributed by atoms with van der Waals surface area (Å²) in [5, 5.41) is 3.82. The van der Waals surface area contributed by atoms with Crippen LogP contribution in [0.25, 0.3) is 0 Å². The molecule has 1 saturated carbocycles. The highest BCUT2D eigenvalue weighted by Gasteiger charge is 2.38. The molecule has 0 heterocycles. The van der Waals surface area contributed by atoms with Crippen LogP contribution in [0.1, 0.15) is 40.0 Å². The number of likely N-dealkylation sites (N-methyl/N-ethyl adjacent to an activating group) is 1. The molecule has 110 valence electrons. The van der Waals surface area contributed by atoms with E-state index in [4.69, 9.17) is 0 Å².